The van der Waals surface area contributed by atoms with Crippen LogP contribution in [0.15, 0.2) is 24.3 Å². The van der Waals surface area contributed by atoms with E-state index in [0.29, 0.717) is 23.7 Å². The molecule has 0 saturated carbocycles. The smallest absolute Gasteiger partial charge is 0.119 e. The molecule has 0 aliphatic rings. The summed E-state index contributed by atoms with van der Waals surface area (Å²) in [7, 11) is 0. The Hall–Kier alpha value is -1.02. The quantitative estimate of drug-likeness (QED) is 0.711. The number of benzene rings is 1. The van der Waals surface area contributed by atoms with Crippen molar-refractivity contribution in [2.24, 2.45) is 17.8 Å². The van der Waals surface area contributed by atoms with Crippen LogP contribution in [0.25, 0.3) is 0 Å². The first-order valence-electron chi connectivity index (χ1n) is 8.33. The molecule has 1 aromatic carbocycles. The minimum absolute atomic E-state index is 0.558. The van der Waals surface area contributed by atoms with E-state index in [1.807, 2.05) is 0 Å². The highest BCUT2D eigenvalue weighted by atomic mass is 16.5. The summed E-state index contributed by atoms with van der Waals surface area (Å²) in [6.07, 6.45) is 0. The lowest BCUT2D eigenvalue weighted by Crippen LogP contribution is -2.27. The minimum atomic E-state index is 0.558. The van der Waals surface area contributed by atoms with Crippen LogP contribution in [0.1, 0.15) is 53.0 Å². The Morgan fingerprint density at radius 3 is 1.95 bits per heavy atom. The van der Waals surface area contributed by atoms with Crippen molar-refractivity contribution in [3.63, 3.8) is 0 Å². The zero-order valence-electron chi connectivity index (χ0n) is 14.6. The Morgan fingerprint density at radius 2 is 1.48 bits per heavy atom. The standard InChI is InChI=1S/C19H33NO/c1-14(2)11-20-12-19(16(5)6)17-7-9-18(10-8-17)21-13-15(3)4/h7-10,14-16,19-20H,11-13H2,1-6H3. The van der Waals surface area contributed by atoms with Crippen molar-refractivity contribution in [2.75, 3.05) is 19.7 Å². The molecule has 0 aliphatic carbocycles. The van der Waals surface area contributed by atoms with E-state index in [9.17, 15) is 0 Å². The van der Waals surface area contributed by atoms with Gasteiger partial charge in [0.2, 0.25) is 0 Å². The number of nitrogens with one attached hydrogen (secondary N) is 1. The lowest BCUT2D eigenvalue weighted by Gasteiger charge is -2.23. The second kappa shape index (κ2) is 9.09. The molecule has 2 nitrogen and oxygen atoms in total. The third-order valence-electron chi connectivity index (χ3n) is 3.61. The van der Waals surface area contributed by atoms with Crippen LogP contribution >= 0.6 is 0 Å². The SMILES string of the molecule is CC(C)CNCC(c1ccc(OCC(C)C)cc1)C(C)C. The van der Waals surface area contributed by atoms with E-state index in [4.69, 9.17) is 4.74 Å². The van der Waals surface area contributed by atoms with Gasteiger partial charge in [-0.3, -0.25) is 0 Å². The predicted molar refractivity (Wildman–Crippen MR) is 92.1 cm³/mol. The minimum Gasteiger partial charge on any atom is -0.493 e. The van der Waals surface area contributed by atoms with Gasteiger partial charge in [-0.2, -0.15) is 0 Å². The summed E-state index contributed by atoms with van der Waals surface area (Å²) in [5.74, 6) is 3.43. The lowest BCUT2D eigenvalue weighted by atomic mass is 9.88. The molecule has 0 spiro atoms. The summed E-state index contributed by atoms with van der Waals surface area (Å²) in [5, 5.41) is 3.59. The number of hydrogen-bond donors (Lipinski definition) is 1. The lowest BCUT2D eigenvalue weighted by molar-refractivity contribution is 0.271. The molecule has 0 aliphatic heterocycles. The average Bonchev–Trinajstić information content (AvgIpc) is 2.41. The van der Waals surface area contributed by atoms with E-state index < -0.39 is 0 Å². The van der Waals surface area contributed by atoms with Gasteiger partial charge < -0.3 is 10.1 Å². The fourth-order valence-electron chi connectivity index (χ4n) is 2.34. The molecule has 0 fully saturated rings. The molecule has 1 atom stereocenters. The zero-order valence-corrected chi connectivity index (χ0v) is 14.6. The molecule has 0 aromatic heterocycles. The first-order chi connectivity index (χ1) is 9.90. The van der Waals surface area contributed by atoms with Crippen molar-refractivity contribution in [1.29, 1.82) is 0 Å². The van der Waals surface area contributed by atoms with Gasteiger partial charge in [0.15, 0.2) is 0 Å². The molecule has 0 bridgehead atoms. The van der Waals surface area contributed by atoms with Gasteiger partial charge in [-0.1, -0.05) is 53.7 Å². The highest BCUT2D eigenvalue weighted by Crippen LogP contribution is 2.25. The molecule has 1 aromatic rings. The Morgan fingerprint density at radius 1 is 0.857 bits per heavy atom. The summed E-state index contributed by atoms with van der Waals surface area (Å²) in [5.41, 5.74) is 1.40. The normalized spacial score (nSPS) is 13.2. The van der Waals surface area contributed by atoms with E-state index in [1.165, 1.54) is 5.56 Å². The van der Waals surface area contributed by atoms with Crippen molar-refractivity contribution in [1.82, 2.24) is 5.32 Å². The fourth-order valence-corrected chi connectivity index (χ4v) is 2.34. The van der Waals surface area contributed by atoms with E-state index in [2.05, 4.69) is 71.1 Å². The molecule has 1 rings (SSSR count). The van der Waals surface area contributed by atoms with Crippen molar-refractivity contribution >= 4 is 0 Å². The molecule has 0 saturated heterocycles. The van der Waals surface area contributed by atoms with Crippen molar-refractivity contribution < 1.29 is 4.74 Å². The molecular weight excluding hydrogens is 258 g/mol. The molecule has 21 heavy (non-hydrogen) atoms. The predicted octanol–water partition coefficient (Wildman–Crippen LogP) is 4.71. The van der Waals surface area contributed by atoms with Gasteiger partial charge in [-0.15, -0.1) is 0 Å². The highest BCUT2D eigenvalue weighted by molar-refractivity contribution is 5.30. The van der Waals surface area contributed by atoms with Crippen LogP contribution in [0.5, 0.6) is 5.75 Å². The van der Waals surface area contributed by atoms with Gasteiger partial charge in [-0.25, -0.2) is 0 Å². The van der Waals surface area contributed by atoms with Crippen LogP contribution in [0.3, 0.4) is 0 Å². The molecule has 1 unspecified atom stereocenters. The monoisotopic (exact) mass is 291 g/mol. The molecule has 0 radical (unpaired) electrons. The first-order valence-corrected chi connectivity index (χ1v) is 8.33. The zero-order chi connectivity index (χ0) is 15.8. The largest absolute Gasteiger partial charge is 0.493 e. The summed E-state index contributed by atoms with van der Waals surface area (Å²) in [6, 6.07) is 8.65. The van der Waals surface area contributed by atoms with Gasteiger partial charge in [0.1, 0.15) is 5.75 Å². The van der Waals surface area contributed by atoms with Crippen LogP contribution in [-0.2, 0) is 0 Å². The Bertz CT molecular complexity index is 381. The summed E-state index contributed by atoms with van der Waals surface area (Å²) in [4.78, 5) is 0. The van der Waals surface area contributed by atoms with E-state index in [-0.39, 0.29) is 0 Å². The maximum atomic E-state index is 5.76. The van der Waals surface area contributed by atoms with Crippen molar-refractivity contribution in [3.05, 3.63) is 29.8 Å². The third kappa shape index (κ3) is 6.99. The summed E-state index contributed by atoms with van der Waals surface area (Å²) >= 11 is 0. The average molecular weight is 291 g/mol. The van der Waals surface area contributed by atoms with E-state index in [0.717, 1.165) is 25.4 Å². The van der Waals surface area contributed by atoms with Gasteiger partial charge in [0.25, 0.3) is 0 Å². The fraction of sp³-hybridized carbons (Fsp3) is 0.684. The van der Waals surface area contributed by atoms with Crippen molar-refractivity contribution in [3.8, 4) is 5.75 Å². The van der Waals surface area contributed by atoms with Gasteiger partial charge in [0, 0.05) is 6.54 Å². The third-order valence-corrected chi connectivity index (χ3v) is 3.61. The van der Waals surface area contributed by atoms with Crippen LogP contribution < -0.4 is 10.1 Å². The number of hydrogen-bond acceptors (Lipinski definition) is 2. The second-order valence-electron chi connectivity index (χ2n) is 7.18. The van der Waals surface area contributed by atoms with Gasteiger partial charge in [-0.05, 0) is 47.9 Å². The van der Waals surface area contributed by atoms with Gasteiger partial charge >= 0.3 is 0 Å². The highest BCUT2D eigenvalue weighted by Gasteiger charge is 2.15. The molecule has 0 heterocycles. The van der Waals surface area contributed by atoms with Crippen LogP contribution in [-0.4, -0.2) is 19.7 Å². The van der Waals surface area contributed by atoms with Crippen molar-refractivity contribution in [2.45, 2.75) is 47.5 Å². The number of ether oxygens (including phenoxy) is 1. The molecule has 120 valence electrons. The number of rotatable bonds is 9. The molecular formula is C19H33NO. The summed E-state index contributed by atoms with van der Waals surface area (Å²) < 4.78 is 5.76. The Kier molecular flexibility index (Phi) is 7.81. The molecule has 1 N–H and O–H groups in total. The van der Waals surface area contributed by atoms with Gasteiger partial charge in [0.05, 0.1) is 6.61 Å². The van der Waals surface area contributed by atoms with Crippen LogP contribution in [0.4, 0.5) is 0 Å². The first kappa shape index (κ1) is 18.0. The van der Waals surface area contributed by atoms with E-state index >= 15 is 0 Å². The molecule has 2 heteroatoms. The van der Waals surface area contributed by atoms with Crippen LogP contribution in [0, 0.1) is 17.8 Å². The maximum Gasteiger partial charge on any atom is 0.119 e. The maximum absolute atomic E-state index is 5.76. The van der Waals surface area contributed by atoms with Crippen LogP contribution in [0.2, 0.25) is 0 Å². The van der Waals surface area contributed by atoms with E-state index in [1.54, 1.807) is 0 Å². The summed E-state index contributed by atoms with van der Waals surface area (Å²) in [6.45, 7) is 16.3. The Balaban J connectivity index is 2.62. The second-order valence-corrected chi connectivity index (χ2v) is 7.18. The topological polar surface area (TPSA) is 21.3 Å². The Labute approximate surface area is 131 Å². The molecule has 0 amide bonds.